The third kappa shape index (κ3) is 4.35. The summed E-state index contributed by atoms with van der Waals surface area (Å²) in [6.45, 7) is 4.60. The van der Waals surface area contributed by atoms with E-state index in [0.29, 0.717) is 35.7 Å². The zero-order chi connectivity index (χ0) is 21.7. The van der Waals surface area contributed by atoms with E-state index in [0.717, 1.165) is 11.3 Å². The van der Waals surface area contributed by atoms with Crippen LogP contribution in [0, 0.1) is 0 Å². The van der Waals surface area contributed by atoms with Gasteiger partial charge in [0.25, 0.3) is 11.8 Å². The molecule has 156 valence electrons. The standard InChI is InChI=1S/C23H23NO6/c1-3-13-30-23(28)17-7-5-15(6-8-17)14-24-21(26)19(20(25)22(24)27)16-9-11-18(12-10-16)29-4-2/h5-12,25H,3-4,13-14H2,1-2H3. The largest absolute Gasteiger partial charge is 0.502 e. The minimum absolute atomic E-state index is 0.0213. The van der Waals surface area contributed by atoms with Crippen LogP contribution in [0.15, 0.2) is 54.3 Å². The number of ether oxygens (including phenoxy) is 2. The summed E-state index contributed by atoms with van der Waals surface area (Å²) >= 11 is 0. The summed E-state index contributed by atoms with van der Waals surface area (Å²) in [5, 5.41) is 10.3. The predicted octanol–water partition coefficient (Wildman–Crippen LogP) is 3.49. The maximum atomic E-state index is 12.8. The fourth-order valence-electron chi connectivity index (χ4n) is 3.06. The second kappa shape index (κ2) is 9.26. The topological polar surface area (TPSA) is 93.1 Å². The summed E-state index contributed by atoms with van der Waals surface area (Å²) in [6.07, 6.45) is 0.732. The molecule has 0 radical (unpaired) electrons. The van der Waals surface area contributed by atoms with E-state index in [4.69, 9.17) is 9.47 Å². The lowest BCUT2D eigenvalue weighted by molar-refractivity contribution is -0.138. The van der Waals surface area contributed by atoms with Gasteiger partial charge in [0.2, 0.25) is 0 Å². The van der Waals surface area contributed by atoms with Crippen molar-refractivity contribution in [2.45, 2.75) is 26.8 Å². The van der Waals surface area contributed by atoms with Crippen LogP contribution in [0.25, 0.3) is 5.57 Å². The number of amides is 2. The van der Waals surface area contributed by atoms with E-state index in [1.165, 1.54) is 0 Å². The molecule has 2 aromatic rings. The molecule has 1 aliphatic heterocycles. The molecule has 2 aromatic carbocycles. The van der Waals surface area contributed by atoms with E-state index in [-0.39, 0.29) is 12.1 Å². The van der Waals surface area contributed by atoms with Crippen molar-refractivity contribution < 1.29 is 29.0 Å². The van der Waals surface area contributed by atoms with E-state index in [1.807, 2.05) is 13.8 Å². The van der Waals surface area contributed by atoms with E-state index < -0.39 is 23.5 Å². The quantitative estimate of drug-likeness (QED) is 0.530. The molecule has 0 aromatic heterocycles. The second-order valence-electron chi connectivity index (χ2n) is 6.71. The van der Waals surface area contributed by atoms with E-state index in [9.17, 15) is 19.5 Å². The van der Waals surface area contributed by atoms with Crippen LogP contribution in [0.3, 0.4) is 0 Å². The number of carbonyl (C=O) groups is 3. The van der Waals surface area contributed by atoms with Gasteiger partial charge in [0.15, 0.2) is 5.76 Å². The third-order valence-corrected chi connectivity index (χ3v) is 4.57. The van der Waals surface area contributed by atoms with Crippen LogP contribution in [0.2, 0.25) is 0 Å². The summed E-state index contributed by atoms with van der Waals surface area (Å²) in [5.41, 5.74) is 1.43. The van der Waals surface area contributed by atoms with Crippen molar-refractivity contribution in [3.63, 3.8) is 0 Å². The van der Waals surface area contributed by atoms with Crippen LogP contribution < -0.4 is 4.74 Å². The van der Waals surface area contributed by atoms with E-state index in [2.05, 4.69) is 0 Å². The molecule has 1 aliphatic rings. The van der Waals surface area contributed by atoms with Crippen LogP contribution in [-0.2, 0) is 20.9 Å². The van der Waals surface area contributed by atoms with Gasteiger partial charge in [-0.25, -0.2) is 4.79 Å². The van der Waals surface area contributed by atoms with Gasteiger partial charge < -0.3 is 14.6 Å². The predicted molar refractivity (Wildman–Crippen MR) is 110 cm³/mol. The van der Waals surface area contributed by atoms with E-state index >= 15 is 0 Å². The van der Waals surface area contributed by atoms with Gasteiger partial charge in [0.1, 0.15) is 5.75 Å². The Hall–Kier alpha value is -3.61. The molecular weight excluding hydrogens is 386 g/mol. The molecule has 7 heteroatoms. The average Bonchev–Trinajstić information content (AvgIpc) is 2.96. The molecule has 1 heterocycles. The van der Waals surface area contributed by atoms with Gasteiger partial charge in [0, 0.05) is 0 Å². The Bertz CT molecular complexity index is 976. The molecule has 0 spiro atoms. The zero-order valence-electron chi connectivity index (χ0n) is 16.9. The molecule has 0 aliphatic carbocycles. The molecule has 0 atom stereocenters. The molecule has 2 amide bonds. The summed E-state index contributed by atoms with van der Waals surface area (Å²) in [5.74, 6) is -1.70. The lowest BCUT2D eigenvalue weighted by Gasteiger charge is -2.15. The van der Waals surface area contributed by atoms with Crippen molar-refractivity contribution in [2.24, 2.45) is 0 Å². The smallest absolute Gasteiger partial charge is 0.338 e. The van der Waals surface area contributed by atoms with Crippen molar-refractivity contribution in [3.05, 3.63) is 71.0 Å². The highest BCUT2D eigenvalue weighted by Gasteiger charge is 2.39. The number of hydrogen-bond donors (Lipinski definition) is 1. The number of hydrogen-bond acceptors (Lipinski definition) is 6. The second-order valence-corrected chi connectivity index (χ2v) is 6.71. The Kier molecular flexibility index (Phi) is 6.51. The van der Waals surface area contributed by atoms with Gasteiger partial charge in [-0.15, -0.1) is 0 Å². The van der Waals surface area contributed by atoms with Gasteiger partial charge in [-0.05, 0) is 48.7 Å². The number of esters is 1. The third-order valence-electron chi connectivity index (χ3n) is 4.57. The van der Waals surface area contributed by atoms with Crippen molar-refractivity contribution >= 4 is 23.4 Å². The fourth-order valence-corrected chi connectivity index (χ4v) is 3.06. The maximum Gasteiger partial charge on any atom is 0.338 e. The van der Waals surface area contributed by atoms with Crippen LogP contribution >= 0.6 is 0 Å². The summed E-state index contributed by atoms with van der Waals surface area (Å²) in [6, 6.07) is 13.1. The first-order chi connectivity index (χ1) is 14.5. The minimum atomic E-state index is -0.754. The number of rotatable bonds is 8. The Labute approximate surface area is 174 Å². The normalized spacial score (nSPS) is 13.7. The SMILES string of the molecule is CCCOC(=O)c1ccc(CN2C(=O)C(O)=C(c3ccc(OCC)cc3)C2=O)cc1. The number of imide groups is 1. The molecule has 0 fully saturated rings. The molecule has 0 bridgehead atoms. The number of nitrogens with zero attached hydrogens (tertiary/aromatic N) is 1. The Morgan fingerprint density at radius 2 is 1.63 bits per heavy atom. The van der Waals surface area contributed by atoms with Gasteiger partial charge >= 0.3 is 5.97 Å². The molecule has 0 saturated heterocycles. The van der Waals surface area contributed by atoms with Gasteiger partial charge in [0.05, 0.1) is 30.9 Å². The number of aliphatic hydroxyl groups is 1. The first kappa shape index (κ1) is 21.1. The Morgan fingerprint density at radius 3 is 2.23 bits per heavy atom. The first-order valence-corrected chi connectivity index (χ1v) is 9.75. The molecule has 7 nitrogen and oxygen atoms in total. The number of benzene rings is 2. The molecule has 30 heavy (non-hydrogen) atoms. The Morgan fingerprint density at radius 1 is 0.967 bits per heavy atom. The minimum Gasteiger partial charge on any atom is -0.502 e. The fraction of sp³-hybridized carbons (Fsp3) is 0.261. The summed E-state index contributed by atoms with van der Waals surface area (Å²) < 4.78 is 10.5. The van der Waals surface area contributed by atoms with Crippen molar-refractivity contribution in [3.8, 4) is 5.75 Å². The van der Waals surface area contributed by atoms with E-state index in [1.54, 1.807) is 48.5 Å². The average molecular weight is 409 g/mol. The molecule has 3 rings (SSSR count). The Balaban J connectivity index is 1.73. The number of aliphatic hydroxyl groups excluding tert-OH is 1. The lowest BCUT2D eigenvalue weighted by atomic mass is 10.1. The van der Waals surface area contributed by atoms with Crippen molar-refractivity contribution in [2.75, 3.05) is 13.2 Å². The first-order valence-electron chi connectivity index (χ1n) is 9.75. The molecular formula is C23H23NO6. The van der Waals surface area contributed by atoms with Gasteiger partial charge in [-0.3, -0.25) is 14.5 Å². The summed E-state index contributed by atoms with van der Waals surface area (Å²) in [4.78, 5) is 38.1. The summed E-state index contributed by atoms with van der Waals surface area (Å²) in [7, 11) is 0. The van der Waals surface area contributed by atoms with Crippen LogP contribution in [-0.4, -0.2) is 41.0 Å². The molecule has 1 N–H and O–H groups in total. The van der Waals surface area contributed by atoms with Crippen LogP contribution in [0.4, 0.5) is 0 Å². The van der Waals surface area contributed by atoms with Crippen LogP contribution in [0.1, 0.15) is 41.8 Å². The maximum absolute atomic E-state index is 12.8. The highest BCUT2D eigenvalue weighted by atomic mass is 16.5. The van der Waals surface area contributed by atoms with Gasteiger partial charge in [-0.2, -0.15) is 0 Å². The van der Waals surface area contributed by atoms with Crippen molar-refractivity contribution in [1.82, 2.24) is 4.90 Å². The lowest BCUT2D eigenvalue weighted by Crippen LogP contribution is -2.31. The zero-order valence-corrected chi connectivity index (χ0v) is 16.9. The highest BCUT2D eigenvalue weighted by Crippen LogP contribution is 2.30. The van der Waals surface area contributed by atoms with Gasteiger partial charge in [-0.1, -0.05) is 31.2 Å². The highest BCUT2D eigenvalue weighted by molar-refractivity contribution is 6.34. The molecule has 0 unspecified atom stereocenters. The monoisotopic (exact) mass is 409 g/mol. The molecule has 0 saturated carbocycles. The van der Waals surface area contributed by atoms with Crippen LogP contribution in [0.5, 0.6) is 5.75 Å². The van der Waals surface area contributed by atoms with Crippen molar-refractivity contribution in [1.29, 1.82) is 0 Å². The number of carbonyl (C=O) groups excluding carboxylic acids is 3.